The summed E-state index contributed by atoms with van der Waals surface area (Å²) in [5.41, 5.74) is 0. The van der Waals surface area contributed by atoms with Crippen LogP contribution in [-0.4, -0.2) is 26.3 Å². The lowest BCUT2D eigenvalue weighted by atomic mass is 10.2. The molecule has 0 radical (unpaired) electrons. The maximum Gasteiger partial charge on any atom is 0.330 e. The van der Waals surface area contributed by atoms with E-state index in [0.29, 0.717) is 24.7 Å². The summed E-state index contributed by atoms with van der Waals surface area (Å²) >= 11 is 0. The zero-order chi connectivity index (χ0) is 12.3. The number of methoxy groups -OCH3 is 1. The lowest BCUT2D eigenvalue weighted by Crippen LogP contribution is -2.21. The smallest absolute Gasteiger partial charge is 0.330 e. The molecule has 0 N–H and O–H groups in total. The van der Waals surface area contributed by atoms with Crippen molar-refractivity contribution in [2.75, 3.05) is 20.3 Å². The van der Waals surface area contributed by atoms with E-state index < -0.39 is 11.8 Å². The minimum absolute atomic E-state index is 0.428. The van der Waals surface area contributed by atoms with Gasteiger partial charge in [0.2, 0.25) is 5.79 Å². The predicted molar refractivity (Wildman–Crippen MR) is 59.0 cm³/mol. The van der Waals surface area contributed by atoms with Crippen LogP contribution in [0.5, 0.6) is 0 Å². The summed E-state index contributed by atoms with van der Waals surface area (Å²) in [5.74, 6) is -0.120. The minimum atomic E-state index is -0.822. The summed E-state index contributed by atoms with van der Waals surface area (Å²) in [6.45, 7) is 2.89. The van der Waals surface area contributed by atoms with Gasteiger partial charge < -0.3 is 18.6 Å². The molecule has 1 aromatic rings. The fourth-order valence-electron chi connectivity index (χ4n) is 1.56. The first kappa shape index (κ1) is 11.9. The highest BCUT2D eigenvalue weighted by atomic mass is 16.7. The highest BCUT2D eigenvalue weighted by Gasteiger charge is 2.36. The van der Waals surface area contributed by atoms with Gasteiger partial charge in [-0.15, -0.1) is 0 Å². The van der Waals surface area contributed by atoms with E-state index in [1.165, 1.54) is 19.3 Å². The van der Waals surface area contributed by atoms with E-state index in [2.05, 4.69) is 4.74 Å². The average molecular weight is 238 g/mol. The lowest BCUT2D eigenvalue weighted by molar-refractivity contribution is -0.162. The molecule has 0 bridgehead atoms. The van der Waals surface area contributed by atoms with E-state index in [1.807, 2.05) is 0 Å². The first-order valence-electron chi connectivity index (χ1n) is 5.28. The first-order chi connectivity index (χ1) is 8.14. The summed E-state index contributed by atoms with van der Waals surface area (Å²) in [5, 5.41) is 0. The fourth-order valence-corrected chi connectivity index (χ4v) is 1.56. The van der Waals surface area contributed by atoms with Crippen molar-refractivity contribution in [2.24, 2.45) is 0 Å². The molecule has 17 heavy (non-hydrogen) atoms. The molecule has 0 aromatic carbocycles. The molecule has 5 heteroatoms. The number of hydrogen-bond acceptors (Lipinski definition) is 5. The molecule has 2 heterocycles. The number of esters is 1. The molecular weight excluding hydrogens is 224 g/mol. The Morgan fingerprint density at radius 2 is 2.12 bits per heavy atom. The Morgan fingerprint density at radius 1 is 1.41 bits per heavy atom. The van der Waals surface area contributed by atoms with Crippen LogP contribution in [0.15, 0.2) is 22.6 Å². The quantitative estimate of drug-likeness (QED) is 0.592. The molecule has 5 nitrogen and oxygen atoms in total. The third kappa shape index (κ3) is 2.57. The Kier molecular flexibility index (Phi) is 3.31. The molecule has 1 aliphatic heterocycles. The number of rotatable bonds is 3. The van der Waals surface area contributed by atoms with Crippen molar-refractivity contribution in [3.05, 3.63) is 29.7 Å². The van der Waals surface area contributed by atoms with Crippen LogP contribution < -0.4 is 0 Å². The van der Waals surface area contributed by atoms with Gasteiger partial charge in [0.1, 0.15) is 5.76 Å². The zero-order valence-corrected chi connectivity index (χ0v) is 9.76. The van der Waals surface area contributed by atoms with Crippen LogP contribution in [0.25, 0.3) is 6.08 Å². The summed E-state index contributed by atoms with van der Waals surface area (Å²) < 4.78 is 20.9. The van der Waals surface area contributed by atoms with Crippen molar-refractivity contribution in [2.45, 2.75) is 12.7 Å². The van der Waals surface area contributed by atoms with Crippen LogP contribution in [0.2, 0.25) is 0 Å². The van der Waals surface area contributed by atoms with Gasteiger partial charge in [0.05, 0.1) is 20.3 Å². The molecule has 0 spiro atoms. The standard InChI is InChI=1S/C12H14O5/c1-12(15-7-8-16-12)10-5-3-9(17-10)4-6-11(13)14-2/h3-6H,7-8H2,1-2H3/b6-4+. The number of ether oxygens (including phenoxy) is 3. The van der Waals surface area contributed by atoms with Crippen molar-refractivity contribution in [3.8, 4) is 0 Å². The predicted octanol–water partition coefficient (Wildman–Crippen LogP) is 1.69. The highest BCUT2D eigenvalue weighted by molar-refractivity contribution is 5.86. The van der Waals surface area contributed by atoms with E-state index in [0.717, 1.165) is 0 Å². The van der Waals surface area contributed by atoms with Crippen LogP contribution in [-0.2, 0) is 24.8 Å². The second-order valence-corrected chi connectivity index (χ2v) is 3.70. The summed E-state index contributed by atoms with van der Waals surface area (Å²) in [7, 11) is 1.32. The van der Waals surface area contributed by atoms with Crippen molar-refractivity contribution < 1.29 is 23.4 Å². The van der Waals surface area contributed by atoms with Crippen molar-refractivity contribution >= 4 is 12.0 Å². The Morgan fingerprint density at radius 3 is 2.76 bits per heavy atom. The third-order valence-corrected chi connectivity index (χ3v) is 2.50. The summed E-state index contributed by atoms with van der Waals surface area (Å²) in [6, 6.07) is 3.51. The third-order valence-electron chi connectivity index (χ3n) is 2.50. The number of carbonyl (C=O) groups is 1. The molecular formula is C12H14O5. The van der Waals surface area contributed by atoms with Gasteiger partial charge in [-0.25, -0.2) is 4.79 Å². The average Bonchev–Trinajstić information content (AvgIpc) is 2.95. The summed E-state index contributed by atoms with van der Waals surface area (Å²) in [6.07, 6.45) is 2.83. The van der Waals surface area contributed by atoms with Gasteiger partial charge in [0.15, 0.2) is 5.76 Å². The molecule has 0 atom stereocenters. The molecule has 1 aliphatic rings. The number of furan rings is 1. The Labute approximate surface area is 99.0 Å². The fraction of sp³-hybridized carbons (Fsp3) is 0.417. The van der Waals surface area contributed by atoms with E-state index >= 15 is 0 Å². The van der Waals surface area contributed by atoms with Gasteiger partial charge in [-0.3, -0.25) is 0 Å². The van der Waals surface area contributed by atoms with Gasteiger partial charge in [-0.1, -0.05) is 0 Å². The number of carbonyl (C=O) groups excluding carboxylic acids is 1. The van der Waals surface area contributed by atoms with Crippen LogP contribution in [0, 0.1) is 0 Å². The van der Waals surface area contributed by atoms with Gasteiger partial charge in [-0.05, 0) is 25.1 Å². The lowest BCUT2D eigenvalue weighted by Gasteiger charge is -2.18. The van der Waals surface area contributed by atoms with Crippen molar-refractivity contribution in [1.29, 1.82) is 0 Å². The second-order valence-electron chi connectivity index (χ2n) is 3.70. The minimum Gasteiger partial charge on any atom is -0.466 e. The molecule has 0 amide bonds. The zero-order valence-electron chi connectivity index (χ0n) is 9.76. The number of hydrogen-bond donors (Lipinski definition) is 0. The maximum atomic E-state index is 10.9. The molecule has 2 rings (SSSR count). The van der Waals surface area contributed by atoms with Gasteiger partial charge >= 0.3 is 5.97 Å². The Hall–Kier alpha value is -1.59. The monoisotopic (exact) mass is 238 g/mol. The molecule has 1 aromatic heterocycles. The van der Waals surface area contributed by atoms with Crippen molar-refractivity contribution in [1.82, 2.24) is 0 Å². The molecule has 92 valence electrons. The van der Waals surface area contributed by atoms with E-state index in [-0.39, 0.29) is 0 Å². The normalized spacial score (nSPS) is 18.7. The largest absolute Gasteiger partial charge is 0.466 e. The Balaban J connectivity index is 2.10. The van der Waals surface area contributed by atoms with Crippen LogP contribution >= 0.6 is 0 Å². The molecule has 0 aliphatic carbocycles. The molecule has 0 unspecified atom stereocenters. The molecule has 0 saturated carbocycles. The first-order valence-corrected chi connectivity index (χ1v) is 5.28. The van der Waals surface area contributed by atoms with E-state index in [9.17, 15) is 4.79 Å². The van der Waals surface area contributed by atoms with Crippen LogP contribution in [0.1, 0.15) is 18.4 Å². The molecule has 1 fully saturated rings. The van der Waals surface area contributed by atoms with Crippen LogP contribution in [0.4, 0.5) is 0 Å². The van der Waals surface area contributed by atoms with Crippen molar-refractivity contribution in [3.63, 3.8) is 0 Å². The van der Waals surface area contributed by atoms with E-state index in [1.54, 1.807) is 19.1 Å². The molecule has 1 saturated heterocycles. The second kappa shape index (κ2) is 4.73. The topological polar surface area (TPSA) is 57.9 Å². The van der Waals surface area contributed by atoms with Crippen LogP contribution in [0.3, 0.4) is 0 Å². The van der Waals surface area contributed by atoms with Gasteiger partial charge in [-0.2, -0.15) is 0 Å². The summed E-state index contributed by atoms with van der Waals surface area (Å²) in [4.78, 5) is 10.9. The maximum absolute atomic E-state index is 10.9. The highest BCUT2D eigenvalue weighted by Crippen LogP contribution is 2.32. The SMILES string of the molecule is COC(=O)/C=C/c1ccc(C2(C)OCCO2)o1. The van der Waals surface area contributed by atoms with Gasteiger partial charge in [0.25, 0.3) is 0 Å². The van der Waals surface area contributed by atoms with E-state index in [4.69, 9.17) is 13.9 Å². The van der Waals surface area contributed by atoms with Gasteiger partial charge in [0, 0.05) is 6.08 Å². The Bertz CT molecular complexity index is 426.